The molecule has 0 aliphatic carbocycles. The zero-order chi connectivity index (χ0) is 13.3. The highest BCUT2D eigenvalue weighted by molar-refractivity contribution is 9.10. The van der Waals surface area contributed by atoms with Gasteiger partial charge in [0.05, 0.1) is 22.0 Å². The largest absolute Gasteiger partial charge is 0.487 e. The third-order valence-corrected chi connectivity index (χ3v) is 3.66. The number of hydrogen-bond acceptors (Lipinski definition) is 3. The van der Waals surface area contributed by atoms with E-state index in [1.165, 1.54) is 0 Å². The van der Waals surface area contributed by atoms with Crippen molar-refractivity contribution in [2.75, 3.05) is 0 Å². The maximum absolute atomic E-state index is 5.77. The molecular weight excluding hydrogens is 294 g/mol. The van der Waals surface area contributed by atoms with Crippen LogP contribution in [0.5, 0.6) is 5.75 Å². The number of ether oxygens (including phenoxy) is 1. The molecule has 0 unspecified atom stereocenters. The molecule has 2 aromatic rings. The van der Waals surface area contributed by atoms with Crippen molar-refractivity contribution >= 4 is 15.9 Å². The van der Waals surface area contributed by atoms with Crippen LogP contribution in [0.1, 0.15) is 25.2 Å². The molecule has 0 saturated heterocycles. The fraction of sp³-hybridized carbons (Fsp3) is 0.385. The SMILES string of the molecule is Cc1nn(-c2ncccc2OC(C)C)c(C)c1Br. The zero-order valence-electron chi connectivity index (χ0n) is 10.9. The van der Waals surface area contributed by atoms with Crippen molar-refractivity contribution < 1.29 is 4.74 Å². The second-order valence-electron chi connectivity index (χ2n) is 4.39. The molecule has 0 spiro atoms. The Morgan fingerprint density at radius 2 is 2.06 bits per heavy atom. The van der Waals surface area contributed by atoms with Gasteiger partial charge in [-0.2, -0.15) is 5.10 Å². The average molecular weight is 310 g/mol. The van der Waals surface area contributed by atoms with Crippen molar-refractivity contribution in [1.82, 2.24) is 14.8 Å². The van der Waals surface area contributed by atoms with Gasteiger partial charge in [-0.1, -0.05) is 0 Å². The molecule has 2 rings (SSSR count). The Kier molecular flexibility index (Phi) is 3.71. The number of aryl methyl sites for hydroxylation is 1. The summed E-state index contributed by atoms with van der Waals surface area (Å²) in [5, 5.41) is 4.48. The Morgan fingerprint density at radius 3 is 2.61 bits per heavy atom. The summed E-state index contributed by atoms with van der Waals surface area (Å²) in [4.78, 5) is 4.37. The monoisotopic (exact) mass is 309 g/mol. The van der Waals surface area contributed by atoms with Gasteiger partial charge >= 0.3 is 0 Å². The quantitative estimate of drug-likeness (QED) is 0.872. The number of hydrogen-bond donors (Lipinski definition) is 0. The molecule has 0 aliphatic rings. The fourth-order valence-corrected chi connectivity index (χ4v) is 1.96. The summed E-state index contributed by atoms with van der Waals surface area (Å²) in [5.41, 5.74) is 1.95. The topological polar surface area (TPSA) is 39.9 Å². The van der Waals surface area contributed by atoms with Gasteiger partial charge in [-0.25, -0.2) is 9.67 Å². The van der Waals surface area contributed by atoms with Gasteiger partial charge in [0.2, 0.25) is 0 Å². The summed E-state index contributed by atoms with van der Waals surface area (Å²) in [5.74, 6) is 1.46. The lowest BCUT2D eigenvalue weighted by Gasteiger charge is -2.13. The van der Waals surface area contributed by atoms with Crippen LogP contribution in [0.4, 0.5) is 0 Å². The second kappa shape index (κ2) is 5.10. The molecule has 0 atom stereocenters. The van der Waals surface area contributed by atoms with E-state index in [9.17, 15) is 0 Å². The molecule has 0 N–H and O–H groups in total. The van der Waals surface area contributed by atoms with E-state index in [0.717, 1.165) is 27.4 Å². The second-order valence-corrected chi connectivity index (χ2v) is 5.18. The zero-order valence-corrected chi connectivity index (χ0v) is 12.5. The fourth-order valence-electron chi connectivity index (χ4n) is 1.72. The van der Waals surface area contributed by atoms with E-state index in [2.05, 4.69) is 26.0 Å². The minimum atomic E-state index is 0.105. The third kappa shape index (κ3) is 2.41. The van der Waals surface area contributed by atoms with E-state index in [1.54, 1.807) is 10.9 Å². The first-order valence-corrected chi connectivity index (χ1v) is 6.63. The molecule has 2 heterocycles. The van der Waals surface area contributed by atoms with Crippen molar-refractivity contribution in [3.05, 3.63) is 34.2 Å². The maximum Gasteiger partial charge on any atom is 0.196 e. The Morgan fingerprint density at radius 1 is 1.33 bits per heavy atom. The Bertz CT molecular complexity index is 563. The minimum Gasteiger partial charge on any atom is -0.487 e. The van der Waals surface area contributed by atoms with Gasteiger partial charge in [0.25, 0.3) is 0 Å². The lowest BCUT2D eigenvalue weighted by molar-refractivity contribution is 0.240. The number of nitrogens with zero attached hydrogens (tertiary/aromatic N) is 3. The van der Waals surface area contributed by atoms with E-state index in [0.29, 0.717) is 0 Å². The first-order valence-electron chi connectivity index (χ1n) is 5.84. The molecule has 0 fully saturated rings. The van der Waals surface area contributed by atoms with Crippen molar-refractivity contribution in [3.63, 3.8) is 0 Å². The lowest BCUT2D eigenvalue weighted by Crippen LogP contribution is -2.11. The van der Waals surface area contributed by atoms with Crippen LogP contribution in [0, 0.1) is 13.8 Å². The summed E-state index contributed by atoms with van der Waals surface area (Å²) < 4.78 is 8.57. The van der Waals surface area contributed by atoms with E-state index < -0.39 is 0 Å². The highest BCUT2D eigenvalue weighted by Crippen LogP contribution is 2.27. The number of halogens is 1. The molecular formula is C13H16BrN3O. The summed E-state index contributed by atoms with van der Waals surface area (Å²) in [7, 11) is 0. The number of rotatable bonds is 3. The van der Waals surface area contributed by atoms with E-state index >= 15 is 0 Å². The predicted octanol–water partition coefficient (Wildman–Crippen LogP) is 3.43. The normalized spacial score (nSPS) is 11.0. The summed E-state index contributed by atoms with van der Waals surface area (Å²) >= 11 is 3.52. The first kappa shape index (κ1) is 13.1. The van der Waals surface area contributed by atoms with Crippen molar-refractivity contribution in [2.24, 2.45) is 0 Å². The maximum atomic E-state index is 5.77. The molecule has 0 amide bonds. The van der Waals surface area contributed by atoms with E-state index in [1.807, 2.05) is 39.8 Å². The highest BCUT2D eigenvalue weighted by Gasteiger charge is 2.15. The molecule has 0 aliphatic heterocycles. The van der Waals surface area contributed by atoms with Gasteiger partial charge in [-0.05, 0) is 55.8 Å². The van der Waals surface area contributed by atoms with Gasteiger partial charge in [0.15, 0.2) is 11.6 Å². The lowest BCUT2D eigenvalue weighted by atomic mass is 10.3. The van der Waals surface area contributed by atoms with Gasteiger partial charge in [0.1, 0.15) is 0 Å². The summed E-state index contributed by atoms with van der Waals surface area (Å²) in [6.07, 6.45) is 1.85. The van der Waals surface area contributed by atoms with Crippen LogP contribution in [0.15, 0.2) is 22.8 Å². The van der Waals surface area contributed by atoms with Crippen LogP contribution in [-0.4, -0.2) is 20.9 Å². The molecule has 2 aromatic heterocycles. The molecule has 0 bridgehead atoms. The van der Waals surface area contributed by atoms with Gasteiger partial charge < -0.3 is 4.74 Å². The molecule has 96 valence electrons. The van der Waals surface area contributed by atoms with Gasteiger partial charge in [-0.3, -0.25) is 0 Å². The van der Waals surface area contributed by atoms with Gasteiger partial charge in [-0.15, -0.1) is 0 Å². The van der Waals surface area contributed by atoms with Crippen molar-refractivity contribution in [2.45, 2.75) is 33.8 Å². The standard InChI is InChI=1S/C13H16BrN3O/c1-8(2)18-11-6-5-7-15-13(11)17-10(4)12(14)9(3)16-17/h5-8H,1-4H3. The van der Waals surface area contributed by atoms with Gasteiger partial charge in [0, 0.05) is 6.20 Å². The van der Waals surface area contributed by atoms with Crippen LogP contribution >= 0.6 is 15.9 Å². The number of aromatic nitrogens is 3. The Hall–Kier alpha value is -1.36. The van der Waals surface area contributed by atoms with Crippen LogP contribution < -0.4 is 4.74 Å². The van der Waals surface area contributed by atoms with Crippen molar-refractivity contribution in [1.29, 1.82) is 0 Å². The summed E-state index contributed by atoms with van der Waals surface area (Å²) in [6.45, 7) is 7.94. The Labute approximate surface area is 115 Å². The molecule has 18 heavy (non-hydrogen) atoms. The molecule has 0 saturated carbocycles. The minimum absolute atomic E-state index is 0.105. The Balaban J connectivity index is 2.53. The first-order chi connectivity index (χ1) is 8.50. The summed E-state index contributed by atoms with van der Waals surface area (Å²) in [6, 6.07) is 3.77. The molecule has 0 radical (unpaired) electrons. The van der Waals surface area contributed by atoms with Crippen LogP contribution in [0.2, 0.25) is 0 Å². The van der Waals surface area contributed by atoms with Crippen LogP contribution in [0.25, 0.3) is 5.82 Å². The van der Waals surface area contributed by atoms with E-state index in [-0.39, 0.29) is 6.10 Å². The molecule has 5 heteroatoms. The smallest absolute Gasteiger partial charge is 0.196 e. The van der Waals surface area contributed by atoms with E-state index in [4.69, 9.17) is 4.74 Å². The third-order valence-electron chi connectivity index (χ3n) is 2.52. The number of pyridine rings is 1. The van der Waals surface area contributed by atoms with Crippen molar-refractivity contribution in [3.8, 4) is 11.6 Å². The van der Waals surface area contributed by atoms with Crippen LogP contribution in [0.3, 0.4) is 0 Å². The molecule has 0 aromatic carbocycles. The molecule has 4 nitrogen and oxygen atoms in total. The highest BCUT2D eigenvalue weighted by atomic mass is 79.9. The van der Waals surface area contributed by atoms with Crippen LogP contribution in [-0.2, 0) is 0 Å². The average Bonchev–Trinajstić information content (AvgIpc) is 2.57. The predicted molar refractivity (Wildman–Crippen MR) is 74.3 cm³/mol.